The molecule has 0 amide bonds. The highest BCUT2D eigenvalue weighted by atomic mass is 79.9. The van der Waals surface area contributed by atoms with Crippen LogP contribution in [0.25, 0.3) is 0 Å². The van der Waals surface area contributed by atoms with E-state index in [0.717, 1.165) is 15.7 Å². The SMILES string of the molecule is Nc1cc(Br)ccc1NCc1ccc(F)c(Cl)c1. The normalized spacial score (nSPS) is 10.4. The van der Waals surface area contributed by atoms with Crippen LogP contribution >= 0.6 is 27.5 Å². The predicted octanol–water partition coefficient (Wildman–Crippen LogP) is 4.44. The lowest BCUT2D eigenvalue weighted by Crippen LogP contribution is -2.02. The Morgan fingerprint density at radius 2 is 2.00 bits per heavy atom. The molecule has 0 saturated heterocycles. The summed E-state index contributed by atoms with van der Waals surface area (Å²) in [4.78, 5) is 0. The summed E-state index contributed by atoms with van der Waals surface area (Å²) < 4.78 is 13.9. The van der Waals surface area contributed by atoms with Gasteiger partial charge in [0.2, 0.25) is 0 Å². The first kappa shape index (κ1) is 13.2. The summed E-state index contributed by atoms with van der Waals surface area (Å²) in [5.74, 6) is -0.413. The highest BCUT2D eigenvalue weighted by Crippen LogP contribution is 2.24. The zero-order chi connectivity index (χ0) is 13.1. The molecule has 18 heavy (non-hydrogen) atoms. The average molecular weight is 330 g/mol. The van der Waals surface area contributed by atoms with E-state index in [2.05, 4.69) is 21.2 Å². The number of rotatable bonds is 3. The van der Waals surface area contributed by atoms with Crippen LogP contribution < -0.4 is 11.1 Å². The minimum absolute atomic E-state index is 0.123. The fourth-order valence-corrected chi connectivity index (χ4v) is 2.12. The quantitative estimate of drug-likeness (QED) is 0.817. The van der Waals surface area contributed by atoms with Crippen LogP contribution in [0.4, 0.5) is 15.8 Å². The Hall–Kier alpha value is -1.26. The van der Waals surface area contributed by atoms with Gasteiger partial charge in [-0.3, -0.25) is 0 Å². The Morgan fingerprint density at radius 3 is 2.67 bits per heavy atom. The lowest BCUT2D eigenvalue weighted by Gasteiger charge is -2.10. The molecule has 0 bridgehead atoms. The number of hydrogen-bond acceptors (Lipinski definition) is 2. The zero-order valence-electron chi connectivity index (χ0n) is 9.38. The van der Waals surface area contributed by atoms with E-state index in [0.29, 0.717) is 12.2 Å². The highest BCUT2D eigenvalue weighted by Gasteiger charge is 2.02. The van der Waals surface area contributed by atoms with Crippen molar-refractivity contribution in [3.8, 4) is 0 Å². The van der Waals surface area contributed by atoms with E-state index < -0.39 is 5.82 Å². The molecule has 0 fully saturated rings. The Morgan fingerprint density at radius 1 is 1.22 bits per heavy atom. The molecule has 3 N–H and O–H groups in total. The van der Waals surface area contributed by atoms with E-state index >= 15 is 0 Å². The monoisotopic (exact) mass is 328 g/mol. The number of nitrogens with two attached hydrogens (primary N) is 1. The van der Waals surface area contributed by atoms with Crippen molar-refractivity contribution in [2.75, 3.05) is 11.1 Å². The maximum atomic E-state index is 13.0. The third kappa shape index (κ3) is 3.15. The van der Waals surface area contributed by atoms with Crippen molar-refractivity contribution in [2.24, 2.45) is 0 Å². The van der Waals surface area contributed by atoms with E-state index in [4.69, 9.17) is 17.3 Å². The molecule has 2 rings (SSSR count). The van der Waals surface area contributed by atoms with E-state index in [1.807, 2.05) is 18.2 Å². The van der Waals surface area contributed by atoms with Crippen LogP contribution in [-0.2, 0) is 6.54 Å². The number of nitrogen functional groups attached to an aromatic ring is 1. The third-order valence-electron chi connectivity index (χ3n) is 2.48. The van der Waals surface area contributed by atoms with Gasteiger partial charge in [0.25, 0.3) is 0 Å². The zero-order valence-corrected chi connectivity index (χ0v) is 11.7. The van der Waals surface area contributed by atoms with Crippen molar-refractivity contribution < 1.29 is 4.39 Å². The smallest absolute Gasteiger partial charge is 0.141 e. The van der Waals surface area contributed by atoms with E-state index in [-0.39, 0.29) is 5.02 Å². The molecule has 0 spiro atoms. The molecule has 5 heteroatoms. The van der Waals surface area contributed by atoms with Crippen LogP contribution in [0.5, 0.6) is 0 Å². The molecule has 2 aromatic rings. The highest BCUT2D eigenvalue weighted by molar-refractivity contribution is 9.10. The first-order valence-electron chi connectivity index (χ1n) is 5.29. The Balaban J connectivity index is 2.09. The Kier molecular flexibility index (Phi) is 4.09. The average Bonchev–Trinajstić information content (AvgIpc) is 2.32. The van der Waals surface area contributed by atoms with Gasteiger partial charge >= 0.3 is 0 Å². The summed E-state index contributed by atoms with van der Waals surface area (Å²) in [5, 5.41) is 3.30. The van der Waals surface area contributed by atoms with Crippen LogP contribution in [0.1, 0.15) is 5.56 Å². The number of hydrogen-bond donors (Lipinski definition) is 2. The summed E-state index contributed by atoms with van der Waals surface area (Å²) in [6.45, 7) is 0.534. The van der Waals surface area contributed by atoms with Crippen molar-refractivity contribution in [1.82, 2.24) is 0 Å². The fraction of sp³-hybridized carbons (Fsp3) is 0.0769. The molecule has 0 aliphatic carbocycles. The van der Waals surface area contributed by atoms with E-state index in [9.17, 15) is 4.39 Å². The van der Waals surface area contributed by atoms with Crippen LogP contribution in [0.3, 0.4) is 0 Å². The minimum Gasteiger partial charge on any atom is -0.397 e. The third-order valence-corrected chi connectivity index (χ3v) is 3.26. The lowest BCUT2D eigenvalue weighted by atomic mass is 10.2. The van der Waals surface area contributed by atoms with Crippen molar-refractivity contribution in [2.45, 2.75) is 6.54 Å². The maximum Gasteiger partial charge on any atom is 0.141 e. The Bertz CT molecular complexity index is 575. The minimum atomic E-state index is -0.413. The second-order valence-corrected chi connectivity index (χ2v) is 5.16. The molecular weight excluding hydrogens is 319 g/mol. The van der Waals surface area contributed by atoms with Gasteiger partial charge in [0.15, 0.2) is 0 Å². The van der Waals surface area contributed by atoms with Crippen LogP contribution in [0.15, 0.2) is 40.9 Å². The summed E-state index contributed by atoms with van der Waals surface area (Å²) in [6.07, 6.45) is 0. The lowest BCUT2D eigenvalue weighted by molar-refractivity contribution is 0.627. The van der Waals surface area contributed by atoms with Crippen LogP contribution in [-0.4, -0.2) is 0 Å². The van der Waals surface area contributed by atoms with Gasteiger partial charge in [0, 0.05) is 11.0 Å². The summed E-state index contributed by atoms with van der Waals surface area (Å²) >= 11 is 9.06. The van der Waals surface area contributed by atoms with Gasteiger partial charge in [0.1, 0.15) is 5.82 Å². The molecule has 94 valence electrons. The molecule has 0 unspecified atom stereocenters. The van der Waals surface area contributed by atoms with E-state index in [1.54, 1.807) is 12.1 Å². The standard InChI is InChI=1S/C13H11BrClFN2/c14-9-2-4-13(12(17)6-9)18-7-8-1-3-11(16)10(15)5-8/h1-6,18H,7,17H2. The molecule has 0 atom stereocenters. The van der Waals surface area contributed by atoms with Crippen molar-refractivity contribution in [1.29, 1.82) is 0 Å². The van der Waals surface area contributed by atoms with Gasteiger partial charge in [-0.05, 0) is 35.9 Å². The molecule has 0 heterocycles. The molecule has 0 aliphatic heterocycles. The topological polar surface area (TPSA) is 38.0 Å². The number of anilines is 2. The van der Waals surface area contributed by atoms with Gasteiger partial charge in [-0.1, -0.05) is 33.6 Å². The molecule has 2 nitrogen and oxygen atoms in total. The van der Waals surface area contributed by atoms with Gasteiger partial charge < -0.3 is 11.1 Å². The molecule has 2 aromatic carbocycles. The number of nitrogens with one attached hydrogen (secondary N) is 1. The fourth-order valence-electron chi connectivity index (χ4n) is 1.54. The largest absolute Gasteiger partial charge is 0.397 e. The summed E-state index contributed by atoms with van der Waals surface area (Å²) in [7, 11) is 0. The number of halogens is 3. The van der Waals surface area contributed by atoms with E-state index in [1.165, 1.54) is 6.07 Å². The van der Waals surface area contributed by atoms with Crippen molar-refractivity contribution >= 4 is 38.9 Å². The molecule has 0 saturated carbocycles. The summed E-state index contributed by atoms with van der Waals surface area (Å²) in [5.41, 5.74) is 8.24. The van der Waals surface area contributed by atoms with Crippen molar-refractivity contribution in [3.63, 3.8) is 0 Å². The number of benzene rings is 2. The maximum absolute atomic E-state index is 13.0. The van der Waals surface area contributed by atoms with Crippen molar-refractivity contribution in [3.05, 3.63) is 57.3 Å². The molecule has 0 radical (unpaired) electrons. The van der Waals surface area contributed by atoms with Gasteiger partial charge in [-0.15, -0.1) is 0 Å². The summed E-state index contributed by atoms with van der Waals surface area (Å²) in [6, 6.07) is 10.2. The first-order valence-corrected chi connectivity index (χ1v) is 6.46. The predicted molar refractivity (Wildman–Crippen MR) is 77.3 cm³/mol. The van der Waals surface area contributed by atoms with Gasteiger partial charge in [0.05, 0.1) is 16.4 Å². The first-order chi connectivity index (χ1) is 8.56. The second kappa shape index (κ2) is 5.59. The van der Waals surface area contributed by atoms with Gasteiger partial charge in [-0.25, -0.2) is 4.39 Å². The van der Waals surface area contributed by atoms with Crippen LogP contribution in [0.2, 0.25) is 5.02 Å². The Labute approximate surface area is 118 Å². The van der Waals surface area contributed by atoms with Gasteiger partial charge in [-0.2, -0.15) is 0 Å². The van der Waals surface area contributed by atoms with Crippen LogP contribution in [0, 0.1) is 5.82 Å². The second-order valence-electron chi connectivity index (χ2n) is 3.83. The molecule has 0 aromatic heterocycles. The molecular formula is C13H11BrClFN2. The molecule has 0 aliphatic rings.